The van der Waals surface area contributed by atoms with Crippen molar-refractivity contribution in [2.45, 2.75) is 32.7 Å². The molecule has 0 aromatic carbocycles. The van der Waals surface area contributed by atoms with Crippen LogP contribution in [0.5, 0.6) is 0 Å². The minimum atomic E-state index is -0.179. The molecule has 0 bridgehead atoms. The quantitative estimate of drug-likeness (QED) is 0.684. The fraction of sp³-hybridized carbons (Fsp3) is 0.667. The fourth-order valence-electron chi connectivity index (χ4n) is 1.61. The van der Waals surface area contributed by atoms with Crippen LogP contribution in [0.4, 0.5) is 0 Å². The summed E-state index contributed by atoms with van der Waals surface area (Å²) in [4.78, 5) is 16.2. The maximum Gasteiger partial charge on any atom is 0.270 e. The Morgan fingerprint density at radius 3 is 2.89 bits per heavy atom. The highest BCUT2D eigenvalue weighted by Gasteiger charge is 2.18. The lowest BCUT2D eigenvalue weighted by molar-refractivity contribution is 0.0912. The summed E-state index contributed by atoms with van der Waals surface area (Å²) < 4.78 is 0. The number of carbonyl (C=O) groups is 1. The molecule has 1 aromatic heterocycles. The zero-order valence-electron chi connectivity index (χ0n) is 10.8. The lowest BCUT2D eigenvalue weighted by Gasteiger charge is -2.20. The van der Waals surface area contributed by atoms with Crippen LogP contribution >= 0.6 is 11.3 Å². The van der Waals surface area contributed by atoms with E-state index in [2.05, 4.69) is 10.3 Å². The second-order valence-corrected chi connectivity index (χ2v) is 5.44. The Morgan fingerprint density at radius 1 is 1.61 bits per heavy atom. The fourth-order valence-corrected chi connectivity index (χ4v) is 2.40. The monoisotopic (exact) mass is 271 g/mol. The lowest BCUT2D eigenvalue weighted by atomic mass is 10.0. The van der Waals surface area contributed by atoms with Gasteiger partial charge in [-0.15, -0.1) is 11.3 Å². The van der Waals surface area contributed by atoms with Gasteiger partial charge in [-0.2, -0.15) is 0 Å². The van der Waals surface area contributed by atoms with E-state index in [0.717, 1.165) is 5.01 Å². The molecule has 0 saturated carbocycles. The largest absolute Gasteiger partial charge is 0.396 e. The van der Waals surface area contributed by atoms with E-state index in [1.807, 2.05) is 13.8 Å². The summed E-state index contributed by atoms with van der Waals surface area (Å²) in [6, 6.07) is -0.0258. The minimum Gasteiger partial charge on any atom is -0.396 e. The molecule has 1 unspecified atom stereocenters. The molecule has 1 aromatic rings. The molecule has 0 aliphatic rings. The number of nitrogens with one attached hydrogen (secondary N) is 1. The number of thiazole rings is 1. The molecule has 0 aliphatic carbocycles. The molecule has 0 spiro atoms. The van der Waals surface area contributed by atoms with E-state index in [-0.39, 0.29) is 24.5 Å². The maximum atomic E-state index is 12.0. The highest BCUT2D eigenvalue weighted by Crippen LogP contribution is 2.12. The zero-order valence-corrected chi connectivity index (χ0v) is 11.7. The number of rotatable bonds is 7. The Labute approximate surface area is 111 Å². The van der Waals surface area contributed by atoms with Gasteiger partial charge in [0.2, 0.25) is 0 Å². The third kappa shape index (κ3) is 4.36. The number of aromatic nitrogens is 1. The summed E-state index contributed by atoms with van der Waals surface area (Å²) in [5.74, 6) is 0.102. The summed E-state index contributed by atoms with van der Waals surface area (Å²) in [6.07, 6.45) is 1.26. The molecule has 0 fully saturated rings. The van der Waals surface area contributed by atoms with E-state index >= 15 is 0 Å². The molecule has 1 heterocycles. The summed E-state index contributed by atoms with van der Waals surface area (Å²) in [6.45, 7) is 4.63. The van der Waals surface area contributed by atoms with Crippen LogP contribution in [-0.2, 0) is 6.42 Å². The summed E-state index contributed by atoms with van der Waals surface area (Å²) in [5, 5.41) is 14.5. The third-order valence-corrected chi connectivity index (χ3v) is 3.61. The molecular formula is C12H21N3O2S. The topological polar surface area (TPSA) is 88.2 Å². The molecule has 1 atom stereocenters. The number of amides is 1. The normalized spacial score (nSPS) is 12.7. The molecule has 6 heteroatoms. The molecule has 1 rings (SSSR count). The molecule has 5 nitrogen and oxygen atoms in total. The van der Waals surface area contributed by atoms with Gasteiger partial charge in [0.25, 0.3) is 5.91 Å². The number of aliphatic hydroxyl groups excluding tert-OH is 1. The van der Waals surface area contributed by atoms with E-state index < -0.39 is 0 Å². The Hall–Kier alpha value is -0.980. The van der Waals surface area contributed by atoms with Gasteiger partial charge in [-0.25, -0.2) is 4.98 Å². The van der Waals surface area contributed by atoms with E-state index in [0.29, 0.717) is 25.1 Å². The van der Waals surface area contributed by atoms with Crippen molar-refractivity contribution in [1.82, 2.24) is 10.3 Å². The van der Waals surface area contributed by atoms with Gasteiger partial charge in [0.1, 0.15) is 5.69 Å². The van der Waals surface area contributed by atoms with Crippen LogP contribution in [0.3, 0.4) is 0 Å². The van der Waals surface area contributed by atoms with Crippen LogP contribution < -0.4 is 11.1 Å². The van der Waals surface area contributed by atoms with Gasteiger partial charge in [-0.05, 0) is 18.9 Å². The lowest BCUT2D eigenvalue weighted by Crippen LogP contribution is -2.39. The molecule has 1 amide bonds. The Kier molecular flexibility index (Phi) is 6.24. The van der Waals surface area contributed by atoms with Crippen LogP contribution in [0.25, 0.3) is 0 Å². The molecular weight excluding hydrogens is 250 g/mol. The van der Waals surface area contributed by atoms with Crippen molar-refractivity contribution < 1.29 is 9.90 Å². The van der Waals surface area contributed by atoms with Gasteiger partial charge in [0.05, 0.1) is 5.01 Å². The van der Waals surface area contributed by atoms with Gasteiger partial charge >= 0.3 is 0 Å². The van der Waals surface area contributed by atoms with Gasteiger partial charge in [0.15, 0.2) is 0 Å². The van der Waals surface area contributed by atoms with E-state index in [1.165, 1.54) is 11.3 Å². The Morgan fingerprint density at radius 2 is 2.33 bits per heavy atom. The number of aliphatic hydroxyl groups is 1. The van der Waals surface area contributed by atoms with Gasteiger partial charge in [-0.1, -0.05) is 13.8 Å². The van der Waals surface area contributed by atoms with Crippen LogP contribution in [-0.4, -0.2) is 35.2 Å². The smallest absolute Gasteiger partial charge is 0.270 e. The number of hydrogen-bond acceptors (Lipinski definition) is 5. The Balaban J connectivity index is 2.62. The first-order chi connectivity index (χ1) is 8.58. The van der Waals surface area contributed by atoms with Crippen LogP contribution in [0, 0.1) is 5.92 Å². The average molecular weight is 271 g/mol. The summed E-state index contributed by atoms with van der Waals surface area (Å²) >= 11 is 1.45. The van der Waals surface area contributed by atoms with Crippen molar-refractivity contribution in [1.29, 1.82) is 0 Å². The second kappa shape index (κ2) is 7.45. The predicted molar refractivity (Wildman–Crippen MR) is 72.7 cm³/mol. The van der Waals surface area contributed by atoms with Crippen LogP contribution in [0.15, 0.2) is 5.38 Å². The highest BCUT2D eigenvalue weighted by molar-refractivity contribution is 7.09. The third-order valence-electron chi connectivity index (χ3n) is 2.70. The van der Waals surface area contributed by atoms with Gasteiger partial charge < -0.3 is 16.2 Å². The molecule has 102 valence electrons. The highest BCUT2D eigenvalue weighted by atomic mass is 32.1. The van der Waals surface area contributed by atoms with Crippen LogP contribution in [0.2, 0.25) is 0 Å². The van der Waals surface area contributed by atoms with Crippen molar-refractivity contribution >= 4 is 17.2 Å². The van der Waals surface area contributed by atoms with Crippen molar-refractivity contribution in [3.8, 4) is 0 Å². The standard InChI is InChI=1S/C12H21N3O2S/c1-8(2)9(4-6-16)15-12(17)10-7-18-11(14-10)3-5-13/h7-9,16H,3-6,13H2,1-2H3,(H,15,17). The van der Waals surface area contributed by atoms with E-state index in [1.54, 1.807) is 5.38 Å². The second-order valence-electron chi connectivity index (χ2n) is 4.50. The zero-order chi connectivity index (χ0) is 13.5. The molecule has 4 N–H and O–H groups in total. The van der Waals surface area contributed by atoms with Crippen molar-refractivity contribution in [3.05, 3.63) is 16.1 Å². The SMILES string of the molecule is CC(C)C(CCO)NC(=O)c1csc(CCN)n1. The molecule has 0 radical (unpaired) electrons. The first kappa shape index (κ1) is 15.1. The van der Waals surface area contributed by atoms with Crippen molar-refractivity contribution in [2.75, 3.05) is 13.2 Å². The van der Waals surface area contributed by atoms with Crippen molar-refractivity contribution in [2.24, 2.45) is 11.7 Å². The molecule has 18 heavy (non-hydrogen) atoms. The first-order valence-electron chi connectivity index (χ1n) is 6.14. The van der Waals surface area contributed by atoms with Crippen molar-refractivity contribution in [3.63, 3.8) is 0 Å². The minimum absolute atomic E-state index is 0.0258. The van der Waals surface area contributed by atoms with Gasteiger partial charge in [0, 0.05) is 24.4 Å². The van der Waals surface area contributed by atoms with Crippen LogP contribution in [0.1, 0.15) is 35.8 Å². The maximum absolute atomic E-state index is 12.0. The number of hydrogen-bond donors (Lipinski definition) is 3. The summed E-state index contributed by atoms with van der Waals surface area (Å²) in [5.41, 5.74) is 5.88. The number of carbonyl (C=O) groups excluding carboxylic acids is 1. The van der Waals surface area contributed by atoms with Gasteiger partial charge in [-0.3, -0.25) is 4.79 Å². The predicted octanol–water partition coefficient (Wildman–Crippen LogP) is 0.781. The average Bonchev–Trinajstić information content (AvgIpc) is 2.77. The van der Waals surface area contributed by atoms with E-state index in [4.69, 9.17) is 10.8 Å². The van der Waals surface area contributed by atoms with E-state index in [9.17, 15) is 4.79 Å². The number of nitrogens with two attached hydrogens (primary N) is 1. The Bertz CT molecular complexity index is 379. The molecule has 0 saturated heterocycles. The summed E-state index contributed by atoms with van der Waals surface area (Å²) in [7, 11) is 0. The first-order valence-corrected chi connectivity index (χ1v) is 7.02. The molecule has 0 aliphatic heterocycles. The number of nitrogens with zero attached hydrogens (tertiary/aromatic N) is 1.